The number of esters is 1. The molecule has 0 fully saturated rings. The van der Waals surface area contributed by atoms with Crippen molar-refractivity contribution in [2.24, 2.45) is 0 Å². The Balaban J connectivity index is 3.09. The molecule has 0 aromatic carbocycles. The van der Waals surface area contributed by atoms with E-state index in [-0.39, 0.29) is 5.69 Å². The third kappa shape index (κ3) is 1.90. The number of ether oxygens (including phenoxy) is 1. The molecule has 1 aromatic rings. The smallest absolute Gasteiger partial charge is 0.356 e. The molecule has 0 atom stereocenters. The van der Waals surface area contributed by atoms with Crippen molar-refractivity contribution in [3.63, 3.8) is 0 Å². The van der Waals surface area contributed by atoms with Crippen molar-refractivity contribution in [3.8, 4) is 0 Å². The highest BCUT2D eigenvalue weighted by Crippen LogP contribution is 2.04. The standard InChI is InChI=1S/C9H9NO3/c1-6-7(5-11)3-4-8(10-6)9(12)13-2/h3-5H,1-2H3. The molecular formula is C9H9NO3. The molecule has 0 amide bonds. The van der Waals surface area contributed by atoms with Crippen LogP contribution in [0.5, 0.6) is 0 Å². The van der Waals surface area contributed by atoms with Crippen molar-refractivity contribution in [1.82, 2.24) is 4.98 Å². The Kier molecular flexibility index (Phi) is 2.74. The van der Waals surface area contributed by atoms with E-state index in [2.05, 4.69) is 9.72 Å². The number of carbonyl (C=O) groups is 2. The molecule has 4 nitrogen and oxygen atoms in total. The number of aryl methyl sites for hydroxylation is 1. The number of aromatic nitrogens is 1. The van der Waals surface area contributed by atoms with Crippen LogP contribution in [0.15, 0.2) is 12.1 Å². The number of hydrogen-bond acceptors (Lipinski definition) is 4. The monoisotopic (exact) mass is 179 g/mol. The van der Waals surface area contributed by atoms with Crippen molar-refractivity contribution in [2.75, 3.05) is 7.11 Å². The van der Waals surface area contributed by atoms with Crippen LogP contribution in [0, 0.1) is 6.92 Å². The van der Waals surface area contributed by atoms with Gasteiger partial charge in [-0.2, -0.15) is 0 Å². The first-order chi connectivity index (χ1) is 6.19. The minimum atomic E-state index is -0.499. The molecule has 0 saturated carbocycles. The molecule has 1 heterocycles. The first kappa shape index (κ1) is 9.38. The third-order valence-corrected chi connectivity index (χ3v) is 1.65. The number of aldehydes is 1. The second kappa shape index (κ2) is 3.80. The second-order valence-electron chi connectivity index (χ2n) is 2.48. The number of hydrogen-bond donors (Lipinski definition) is 0. The van der Waals surface area contributed by atoms with Gasteiger partial charge in [-0.3, -0.25) is 4.79 Å². The predicted octanol–water partition coefficient (Wildman–Crippen LogP) is 0.989. The summed E-state index contributed by atoms with van der Waals surface area (Å²) in [5.41, 5.74) is 1.22. The lowest BCUT2D eigenvalue weighted by Crippen LogP contribution is -2.06. The highest BCUT2D eigenvalue weighted by atomic mass is 16.5. The normalized spacial score (nSPS) is 9.38. The van der Waals surface area contributed by atoms with E-state index in [0.29, 0.717) is 17.5 Å². The fourth-order valence-electron chi connectivity index (χ4n) is 0.915. The SMILES string of the molecule is COC(=O)c1ccc(C=O)c(C)n1. The highest BCUT2D eigenvalue weighted by molar-refractivity contribution is 5.88. The predicted molar refractivity (Wildman–Crippen MR) is 45.7 cm³/mol. The molecule has 0 aliphatic heterocycles. The summed E-state index contributed by atoms with van der Waals surface area (Å²) in [7, 11) is 1.28. The van der Waals surface area contributed by atoms with E-state index in [1.54, 1.807) is 13.0 Å². The molecule has 0 spiro atoms. The Morgan fingerprint density at radius 1 is 1.54 bits per heavy atom. The second-order valence-corrected chi connectivity index (χ2v) is 2.48. The van der Waals surface area contributed by atoms with Gasteiger partial charge in [-0.1, -0.05) is 0 Å². The molecule has 1 rings (SSSR count). The molecular weight excluding hydrogens is 170 g/mol. The van der Waals surface area contributed by atoms with E-state index in [1.165, 1.54) is 13.2 Å². The Bertz CT molecular complexity index is 347. The zero-order chi connectivity index (χ0) is 9.84. The van der Waals surface area contributed by atoms with Crippen molar-refractivity contribution >= 4 is 12.3 Å². The van der Waals surface area contributed by atoms with Gasteiger partial charge in [0.05, 0.1) is 7.11 Å². The van der Waals surface area contributed by atoms with Gasteiger partial charge in [0.1, 0.15) is 5.69 Å². The van der Waals surface area contributed by atoms with Crippen LogP contribution in [-0.2, 0) is 4.74 Å². The fraction of sp³-hybridized carbons (Fsp3) is 0.222. The summed E-state index contributed by atoms with van der Waals surface area (Å²) < 4.78 is 4.47. The molecule has 13 heavy (non-hydrogen) atoms. The topological polar surface area (TPSA) is 56.3 Å². The van der Waals surface area contributed by atoms with Crippen molar-refractivity contribution in [1.29, 1.82) is 0 Å². The quantitative estimate of drug-likeness (QED) is 0.501. The van der Waals surface area contributed by atoms with Gasteiger partial charge in [0.15, 0.2) is 6.29 Å². The van der Waals surface area contributed by atoms with Gasteiger partial charge >= 0.3 is 5.97 Å². The Labute approximate surface area is 75.5 Å². The van der Waals surface area contributed by atoms with Gasteiger partial charge in [-0.05, 0) is 19.1 Å². The lowest BCUT2D eigenvalue weighted by Gasteiger charge is -2.00. The average Bonchev–Trinajstić information content (AvgIpc) is 2.16. The first-order valence-corrected chi connectivity index (χ1v) is 3.70. The molecule has 0 bridgehead atoms. The maximum absolute atomic E-state index is 11.0. The maximum atomic E-state index is 11.0. The van der Waals surface area contributed by atoms with Gasteiger partial charge < -0.3 is 4.74 Å². The van der Waals surface area contributed by atoms with Gasteiger partial charge in [0.2, 0.25) is 0 Å². The summed E-state index contributed by atoms with van der Waals surface area (Å²) in [5.74, 6) is -0.499. The van der Waals surface area contributed by atoms with Crippen LogP contribution in [0.3, 0.4) is 0 Å². The molecule has 0 unspecified atom stereocenters. The van der Waals surface area contributed by atoms with Crippen molar-refractivity contribution in [2.45, 2.75) is 6.92 Å². The minimum Gasteiger partial charge on any atom is -0.464 e. The molecule has 4 heteroatoms. The number of rotatable bonds is 2. The molecule has 0 aliphatic rings. The molecule has 68 valence electrons. The summed E-state index contributed by atoms with van der Waals surface area (Å²) in [6.07, 6.45) is 0.698. The Hall–Kier alpha value is -1.71. The van der Waals surface area contributed by atoms with Gasteiger partial charge in [0, 0.05) is 11.3 Å². The van der Waals surface area contributed by atoms with Crippen molar-refractivity contribution in [3.05, 3.63) is 29.1 Å². The van der Waals surface area contributed by atoms with Crippen LogP contribution in [0.1, 0.15) is 26.5 Å². The fourth-order valence-corrected chi connectivity index (χ4v) is 0.915. The van der Waals surface area contributed by atoms with Gasteiger partial charge in [-0.15, -0.1) is 0 Å². The Morgan fingerprint density at radius 3 is 2.69 bits per heavy atom. The summed E-state index contributed by atoms with van der Waals surface area (Å²) in [6, 6.07) is 3.00. The van der Waals surface area contributed by atoms with Crippen LogP contribution in [-0.4, -0.2) is 24.3 Å². The van der Waals surface area contributed by atoms with E-state index in [0.717, 1.165) is 0 Å². The number of methoxy groups -OCH3 is 1. The van der Waals surface area contributed by atoms with Crippen LogP contribution >= 0.6 is 0 Å². The number of carbonyl (C=O) groups excluding carboxylic acids is 2. The van der Waals surface area contributed by atoms with E-state index in [4.69, 9.17) is 0 Å². The zero-order valence-electron chi connectivity index (χ0n) is 7.40. The molecule has 0 radical (unpaired) electrons. The van der Waals surface area contributed by atoms with E-state index in [9.17, 15) is 9.59 Å². The summed E-state index contributed by atoms with van der Waals surface area (Å²) >= 11 is 0. The van der Waals surface area contributed by atoms with Gasteiger partial charge in [-0.25, -0.2) is 9.78 Å². The van der Waals surface area contributed by atoms with Crippen LogP contribution in [0.2, 0.25) is 0 Å². The lowest BCUT2D eigenvalue weighted by molar-refractivity contribution is 0.0593. The van der Waals surface area contributed by atoms with E-state index in [1.807, 2.05) is 0 Å². The average molecular weight is 179 g/mol. The molecule has 0 aliphatic carbocycles. The van der Waals surface area contributed by atoms with E-state index >= 15 is 0 Å². The summed E-state index contributed by atoms with van der Waals surface area (Å²) in [5, 5.41) is 0. The summed E-state index contributed by atoms with van der Waals surface area (Å²) in [4.78, 5) is 25.3. The van der Waals surface area contributed by atoms with E-state index < -0.39 is 5.97 Å². The highest BCUT2D eigenvalue weighted by Gasteiger charge is 2.08. The lowest BCUT2D eigenvalue weighted by atomic mass is 10.2. The summed E-state index contributed by atoms with van der Waals surface area (Å²) in [6.45, 7) is 1.66. The number of pyridine rings is 1. The largest absolute Gasteiger partial charge is 0.464 e. The minimum absolute atomic E-state index is 0.214. The van der Waals surface area contributed by atoms with Crippen LogP contribution in [0.25, 0.3) is 0 Å². The van der Waals surface area contributed by atoms with Gasteiger partial charge in [0.25, 0.3) is 0 Å². The number of nitrogens with zero attached hydrogens (tertiary/aromatic N) is 1. The first-order valence-electron chi connectivity index (χ1n) is 3.70. The molecule has 0 N–H and O–H groups in total. The van der Waals surface area contributed by atoms with Crippen LogP contribution < -0.4 is 0 Å². The van der Waals surface area contributed by atoms with Crippen molar-refractivity contribution < 1.29 is 14.3 Å². The third-order valence-electron chi connectivity index (χ3n) is 1.65. The maximum Gasteiger partial charge on any atom is 0.356 e. The molecule has 0 saturated heterocycles. The zero-order valence-corrected chi connectivity index (χ0v) is 7.40. The Morgan fingerprint density at radius 2 is 2.23 bits per heavy atom. The van der Waals surface area contributed by atoms with Crippen LogP contribution in [0.4, 0.5) is 0 Å². The molecule has 1 aromatic heterocycles.